The van der Waals surface area contributed by atoms with Crippen molar-refractivity contribution in [3.05, 3.63) is 53.6 Å². The van der Waals surface area contributed by atoms with Gasteiger partial charge in [0.25, 0.3) is 0 Å². The van der Waals surface area contributed by atoms with Crippen LogP contribution in [0.15, 0.2) is 47.5 Å². The van der Waals surface area contributed by atoms with Crippen LogP contribution in [0.1, 0.15) is 11.1 Å². The molecular formula is C20H21N5O2. The molecule has 1 aliphatic heterocycles. The highest BCUT2D eigenvalue weighted by Crippen LogP contribution is 2.30. The van der Waals surface area contributed by atoms with Crippen LogP contribution >= 0.6 is 0 Å². The summed E-state index contributed by atoms with van der Waals surface area (Å²) in [6.07, 6.45) is 2.10. The highest BCUT2D eigenvalue weighted by atomic mass is 16.5. The second kappa shape index (κ2) is 8.27. The Labute approximate surface area is 157 Å². The molecule has 0 radical (unpaired) electrons. The summed E-state index contributed by atoms with van der Waals surface area (Å²) in [5.41, 5.74) is 4.46. The minimum absolute atomic E-state index is 0.0398. The maximum atomic E-state index is 12.4. The molecular weight excluding hydrogens is 342 g/mol. The largest absolute Gasteiger partial charge is 0.497 e. The fourth-order valence-electron chi connectivity index (χ4n) is 2.95. The van der Waals surface area contributed by atoms with Gasteiger partial charge in [0.05, 0.1) is 26.2 Å². The van der Waals surface area contributed by atoms with Crippen molar-refractivity contribution in [2.45, 2.75) is 13.1 Å². The molecule has 27 heavy (non-hydrogen) atoms. The molecule has 0 fully saturated rings. The Balaban J connectivity index is 1.64. The van der Waals surface area contributed by atoms with E-state index in [1.807, 2.05) is 24.3 Å². The lowest BCUT2D eigenvalue weighted by molar-refractivity contribution is -0.130. The van der Waals surface area contributed by atoms with Crippen molar-refractivity contribution in [3.63, 3.8) is 0 Å². The predicted octanol–water partition coefficient (Wildman–Crippen LogP) is 2.45. The van der Waals surface area contributed by atoms with Gasteiger partial charge in [0.2, 0.25) is 5.91 Å². The molecule has 7 nitrogen and oxygen atoms in total. The molecule has 0 atom stereocenters. The summed E-state index contributed by atoms with van der Waals surface area (Å²) in [6.45, 7) is 1.26. The molecule has 0 unspecified atom stereocenters. The van der Waals surface area contributed by atoms with Crippen LogP contribution in [0, 0.1) is 10.8 Å². The van der Waals surface area contributed by atoms with Gasteiger partial charge in [-0.25, -0.2) is 4.99 Å². The Hall–Kier alpha value is -3.48. The number of ether oxygens (including phenoxy) is 1. The smallest absolute Gasteiger partial charge is 0.242 e. The molecule has 0 aliphatic carbocycles. The second-order valence-corrected chi connectivity index (χ2v) is 6.13. The molecule has 2 aromatic rings. The molecule has 3 N–H and O–H groups in total. The predicted molar refractivity (Wildman–Crippen MR) is 106 cm³/mol. The van der Waals surface area contributed by atoms with Gasteiger partial charge in [0, 0.05) is 13.1 Å². The summed E-state index contributed by atoms with van der Waals surface area (Å²) >= 11 is 0. The normalized spacial score (nSPS) is 12.7. The number of rotatable bonds is 6. The van der Waals surface area contributed by atoms with E-state index >= 15 is 0 Å². The topological polar surface area (TPSA) is 102 Å². The first-order valence-electron chi connectivity index (χ1n) is 8.49. The Morgan fingerprint density at radius 1 is 1.22 bits per heavy atom. The number of nitrogens with one attached hydrogen (secondary N) is 3. The number of fused-ring (bicyclic) bond motifs is 1. The van der Waals surface area contributed by atoms with Crippen LogP contribution in [-0.4, -0.2) is 42.9 Å². The van der Waals surface area contributed by atoms with Gasteiger partial charge < -0.3 is 20.4 Å². The minimum Gasteiger partial charge on any atom is -0.497 e. The van der Waals surface area contributed by atoms with E-state index in [2.05, 4.69) is 28.5 Å². The Morgan fingerprint density at radius 2 is 2.00 bits per heavy atom. The van der Waals surface area contributed by atoms with Gasteiger partial charge >= 0.3 is 0 Å². The zero-order valence-electron chi connectivity index (χ0n) is 15.0. The van der Waals surface area contributed by atoms with Gasteiger partial charge in [-0.1, -0.05) is 24.3 Å². The Bertz CT molecular complexity index is 907. The van der Waals surface area contributed by atoms with Crippen LogP contribution in [0.2, 0.25) is 0 Å². The van der Waals surface area contributed by atoms with Gasteiger partial charge in [-0.05, 0) is 40.5 Å². The van der Waals surface area contributed by atoms with Crippen LogP contribution in [-0.2, 0) is 17.9 Å². The van der Waals surface area contributed by atoms with E-state index in [9.17, 15) is 4.79 Å². The quantitative estimate of drug-likeness (QED) is 0.543. The number of hydrogen-bond acceptors (Lipinski definition) is 4. The van der Waals surface area contributed by atoms with Crippen molar-refractivity contribution in [1.82, 2.24) is 10.2 Å². The van der Waals surface area contributed by atoms with E-state index in [1.54, 1.807) is 12.0 Å². The third-order valence-electron chi connectivity index (χ3n) is 4.37. The zero-order chi connectivity index (χ0) is 19.2. The molecule has 138 valence electrons. The van der Waals surface area contributed by atoms with E-state index in [-0.39, 0.29) is 18.3 Å². The minimum atomic E-state index is -0.173. The van der Waals surface area contributed by atoms with E-state index in [1.165, 1.54) is 6.34 Å². The van der Waals surface area contributed by atoms with Gasteiger partial charge in [-0.2, -0.15) is 0 Å². The maximum Gasteiger partial charge on any atom is 0.242 e. The van der Waals surface area contributed by atoms with Crippen molar-refractivity contribution in [1.29, 1.82) is 10.8 Å². The molecule has 0 saturated carbocycles. The number of amides is 1. The summed E-state index contributed by atoms with van der Waals surface area (Å²) in [5, 5.41) is 16.8. The highest BCUT2D eigenvalue weighted by molar-refractivity contribution is 6.28. The molecule has 0 spiro atoms. The summed E-state index contributed by atoms with van der Waals surface area (Å²) in [5.74, 6) is 0.601. The molecule has 0 aromatic heterocycles. The molecule has 1 aliphatic rings. The molecule has 0 saturated heterocycles. The molecule has 1 heterocycles. The second-order valence-electron chi connectivity index (χ2n) is 6.13. The lowest BCUT2D eigenvalue weighted by Gasteiger charge is -2.14. The van der Waals surface area contributed by atoms with Gasteiger partial charge in [0.1, 0.15) is 5.75 Å². The van der Waals surface area contributed by atoms with Crippen molar-refractivity contribution < 1.29 is 9.53 Å². The number of carbonyl (C=O) groups excluding carboxylic acids is 1. The number of hydrogen-bond donors (Lipinski definition) is 3. The molecule has 7 heteroatoms. The van der Waals surface area contributed by atoms with E-state index in [0.29, 0.717) is 13.1 Å². The third kappa shape index (κ3) is 4.38. The van der Waals surface area contributed by atoms with Crippen molar-refractivity contribution in [2.24, 2.45) is 4.99 Å². The number of nitrogens with zero attached hydrogens (tertiary/aromatic N) is 2. The SMILES string of the molecule is COc1cccc(-c2ccc3c(c2)CN(C(=O)CN/C=N\C(=N)C=N)C3)c1. The van der Waals surface area contributed by atoms with E-state index < -0.39 is 0 Å². The molecule has 0 bridgehead atoms. The molecule has 1 amide bonds. The van der Waals surface area contributed by atoms with Crippen LogP contribution in [0.5, 0.6) is 5.75 Å². The highest BCUT2D eigenvalue weighted by Gasteiger charge is 2.23. The maximum absolute atomic E-state index is 12.4. The van der Waals surface area contributed by atoms with Crippen LogP contribution in [0.25, 0.3) is 11.1 Å². The fraction of sp³-hybridized carbons (Fsp3) is 0.200. The van der Waals surface area contributed by atoms with Gasteiger partial charge in [-0.3, -0.25) is 10.2 Å². The first kappa shape index (κ1) is 18.3. The van der Waals surface area contributed by atoms with Crippen LogP contribution in [0.4, 0.5) is 0 Å². The molecule has 2 aromatic carbocycles. The lowest BCUT2D eigenvalue weighted by atomic mass is 10.0. The molecule has 3 rings (SSSR count). The standard InChI is InChI=1S/C20H21N5O2/c1-27-18-4-2-3-14(8-18)15-5-6-16-11-25(12-17(16)7-15)20(26)10-23-13-24-19(22)9-21/h2-9,13,21H,10-12H2,1H3,(H2,22,23,24). The van der Waals surface area contributed by atoms with Crippen molar-refractivity contribution >= 4 is 24.3 Å². The number of amidine groups is 1. The first-order chi connectivity index (χ1) is 13.1. The Morgan fingerprint density at radius 3 is 2.78 bits per heavy atom. The first-order valence-corrected chi connectivity index (χ1v) is 8.49. The van der Waals surface area contributed by atoms with Crippen LogP contribution < -0.4 is 10.1 Å². The van der Waals surface area contributed by atoms with Crippen molar-refractivity contribution in [3.8, 4) is 16.9 Å². The van der Waals surface area contributed by atoms with Crippen LogP contribution in [0.3, 0.4) is 0 Å². The fourth-order valence-corrected chi connectivity index (χ4v) is 2.95. The summed E-state index contributed by atoms with van der Waals surface area (Å²) in [7, 11) is 1.65. The van der Waals surface area contributed by atoms with E-state index in [0.717, 1.165) is 34.2 Å². The Kier molecular flexibility index (Phi) is 5.61. The average molecular weight is 363 g/mol. The zero-order valence-corrected chi connectivity index (χ0v) is 15.0. The third-order valence-corrected chi connectivity index (χ3v) is 4.37. The van der Waals surface area contributed by atoms with Gasteiger partial charge in [0.15, 0.2) is 5.84 Å². The van der Waals surface area contributed by atoms with E-state index in [4.69, 9.17) is 15.6 Å². The number of aliphatic imine (C=N–C) groups is 1. The van der Waals surface area contributed by atoms with Gasteiger partial charge in [-0.15, -0.1) is 0 Å². The summed E-state index contributed by atoms with van der Waals surface area (Å²) in [6, 6.07) is 14.2. The summed E-state index contributed by atoms with van der Waals surface area (Å²) in [4.78, 5) is 17.8. The summed E-state index contributed by atoms with van der Waals surface area (Å²) < 4.78 is 5.29. The lowest BCUT2D eigenvalue weighted by Crippen LogP contribution is -2.34. The number of benzene rings is 2. The monoisotopic (exact) mass is 363 g/mol. The van der Waals surface area contributed by atoms with Crippen molar-refractivity contribution in [2.75, 3.05) is 13.7 Å². The number of methoxy groups -OCH3 is 1. The average Bonchev–Trinajstić information content (AvgIpc) is 3.14. The number of carbonyl (C=O) groups is 1.